The molecule has 0 heterocycles. The van der Waals surface area contributed by atoms with E-state index in [1.165, 1.54) is 23.0 Å². The Balaban J connectivity index is 2.21. The summed E-state index contributed by atoms with van der Waals surface area (Å²) >= 11 is 1.54. The minimum absolute atomic E-state index is 0.190. The van der Waals surface area contributed by atoms with Crippen LogP contribution in [0.2, 0.25) is 0 Å². The van der Waals surface area contributed by atoms with Gasteiger partial charge >= 0.3 is 23.0 Å². The van der Waals surface area contributed by atoms with Crippen LogP contribution in [0, 0.1) is 0 Å². The van der Waals surface area contributed by atoms with Crippen molar-refractivity contribution in [1.29, 1.82) is 0 Å². The van der Waals surface area contributed by atoms with Gasteiger partial charge in [-0.2, -0.15) is 0 Å². The van der Waals surface area contributed by atoms with E-state index in [-0.39, 0.29) is 6.29 Å². The van der Waals surface area contributed by atoms with Crippen molar-refractivity contribution < 1.29 is 40.3 Å². The number of ether oxygens (including phenoxy) is 3. The zero-order chi connectivity index (χ0) is 11.8. The van der Waals surface area contributed by atoms with Gasteiger partial charge in [-0.15, -0.1) is 3.07 Å². The molecule has 5 heteroatoms. The molecule has 0 fully saturated rings. The second-order valence-corrected chi connectivity index (χ2v) is 3.61. The number of hydrogen-bond donors (Lipinski definition) is 0. The Labute approximate surface area is 110 Å². The van der Waals surface area contributed by atoms with Gasteiger partial charge in [0.15, 0.2) is 0 Å². The molecule has 0 aliphatic heterocycles. The molecule has 0 aliphatic carbocycles. The fraction of sp³-hybridized carbons (Fsp3) is 0.455. The summed E-state index contributed by atoms with van der Waals surface area (Å²) in [6.45, 7) is 2.85. The second-order valence-electron chi connectivity index (χ2n) is 3.06. The van der Waals surface area contributed by atoms with Crippen LogP contribution in [0.3, 0.4) is 0 Å². The van der Waals surface area contributed by atoms with Gasteiger partial charge in [-0.25, -0.2) is 0 Å². The lowest BCUT2D eigenvalue weighted by Gasteiger charge is -2.08. The fourth-order valence-corrected chi connectivity index (χ4v) is 1.23. The highest BCUT2D eigenvalue weighted by molar-refractivity contribution is 5.31. The van der Waals surface area contributed by atoms with Crippen LogP contribution in [-0.4, -0.2) is 26.6 Å². The van der Waals surface area contributed by atoms with E-state index in [2.05, 4.69) is 0 Å². The smallest absolute Gasteiger partial charge is 0.461 e. The topological polar surface area (TPSA) is 36.9 Å². The molecule has 0 aliphatic rings. The van der Waals surface area contributed by atoms with Gasteiger partial charge in [-0.3, -0.25) is 0 Å². The molecule has 16 heavy (non-hydrogen) atoms. The Morgan fingerprint density at radius 2 is 1.75 bits per heavy atom. The molecule has 0 saturated heterocycles. The van der Waals surface area contributed by atoms with Crippen LogP contribution in [0.5, 0.6) is 11.5 Å². The standard InChI is InChI=1S/C11H16IO4/c1-9(16-12)14-7-8-15-11-5-3-10(13-2)4-6-11/h3-6,9,12H,7-8H2,1-2H3/q+1. The summed E-state index contributed by atoms with van der Waals surface area (Å²) in [6.07, 6.45) is -0.190. The maximum Gasteiger partial charge on any atom is 0.461 e. The molecule has 90 valence electrons. The summed E-state index contributed by atoms with van der Waals surface area (Å²) in [7, 11) is 1.63. The summed E-state index contributed by atoms with van der Waals surface area (Å²) in [5.41, 5.74) is 0. The molecule has 0 aromatic heterocycles. The highest BCUT2D eigenvalue weighted by atomic mass is 127. The summed E-state index contributed by atoms with van der Waals surface area (Å²) in [6, 6.07) is 7.43. The van der Waals surface area contributed by atoms with Crippen LogP contribution in [0.25, 0.3) is 0 Å². The van der Waals surface area contributed by atoms with Crippen molar-refractivity contribution in [2.24, 2.45) is 0 Å². The summed E-state index contributed by atoms with van der Waals surface area (Å²) in [4.78, 5) is 0. The van der Waals surface area contributed by atoms with Crippen LogP contribution < -0.4 is 32.5 Å². The van der Waals surface area contributed by atoms with Crippen molar-refractivity contribution in [3.8, 4) is 11.5 Å². The monoisotopic (exact) mass is 339 g/mol. The maximum atomic E-state index is 5.47. The van der Waals surface area contributed by atoms with Gasteiger partial charge in [-0.1, -0.05) is 0 Å². The van der Waals surface area contributed by atoms with E-state index in [0.29, 0.717) is 13.2 Å². The lowest BCUT2D eigenvalue weighted by atomic mass is 10.3. The molecule has 0 saturated carbocycles. The van der Waals surface area contributed by atoms with Crippen molar-refractivity contribution >= 4 is 0 Å². The Hall–Kier alpha value is -0.530. The molecule has 0 radical (unpaired) electrons. The predicted octanol–water partition coefficient (Wildman–Crippen LogP) is -1.35. The molecule has 0 N–H and O–H groups in total. The lowest BCUT2D eigenvalue weighted by molar-refractivity contribution is -0.716. The number of hydrogen-bond acceptors (Lipinski definition) is 4. The van der Waals surface area contributed by atoms with Gasteiger partial charge in [-0.05, 0) is 31.2 Å². The minimum atomic E-state index is -0.190. The Bertz CT molecular complexity index is 289. The van der Waals surface area contributed by atoms with Gasteiger partial charge in [0, 0.05) is 0 Å². The van der Waals surface area contributed by atoms with Crippen molar-refractivity contribution in [2.75, 3.05) is 20.3 Å². The number of benzene rings is 1. The van der Waals surface area contributed by atoms with E-state index in [4.69, 9.17) is 17.3 Å². The molecular weight excluding hydrogens is 323 g/mol. The largest absolute Gasteiger partial charge is 0.497 e. The van der Waals surface area contributed by atoms with Crippen molar-refractivity contribution in [3.05, 3.63) is 24.3 Å². The first-order valence-electron chi connectivity index (χ1n) is 4.93. The SMILES string of the molecule is COc1ccc(OCCOC(C)O[IH+])cc1. The van der Waals surface area contributed by atoms with Crippen molar-refractivity contribution in [1.82, 2.24) is 0 Å². The predicted molar refractivity (Wildman–Crippen MR) is 56.4 cm³/mol. The minimum Gasteiger partial charge on any atom is -0.497 e. The highest BCUT2D eigenvalue weighted by Crippen LogP contribution is 2.16. The summed E-state index contributed by atoms with van der Waals surface area (Å²) in [5.74, 6) is 1.62. The van der Waals surface area contributed by atoms with Crippen molar-refractivity contribution in [2.45, 2.75) is 13.2 Å². The first-order chi connectivity index (χ1) is 7.76. The third-order valence-corrected chi connectivity index (χ3v) is 2.67. The zero-order valence-corrected chi connectivity index (χ0v) is 11.7. The molecule has 1 aromatic rings. The van der Waals surface area contributed by atoms with Crippen molar-refractivity contribution in [3.63, 3.8) is 0 Å². The second kappa shape index (κ2) is 7.70. The first-order valence-corrected chi connectivity index (χ1v) is 5.88. The van der Waals surface area contributed by atoms with E-state index in [1.54, 1.807) is 7.11 Å². The third kappa shape index (κ3) is 5.00. The van der Waals surface area contributed by atoms with E-state index >= 15 is 0 Å². The highest BCUT2D eigenvalue weighted by Gasteiger charge is 2.04. The molecular formula is C11H16IO4+. The number of methoxy groups -OCH3 is 1. The number of halogens is 1. The van der Waals surface area contributed by atoms with Gasteiger partial charge in [0.25, 0.3) is 0 Å². The quantitative estimate of drug-likeness (QED) is 0.350. The Kier molecular flexibility index (Phi) is 6.51. The first kappa shape index (κ1) is 13.5. The van der Waals surface area contributed by atoms with Gasteiger partial charge in [0.05, 0.1) is 13.7 Å². The Morgan fingerprint density at radius 1 is 1.12 bits per heavy atom. The van der Waals surface area contributed by atoms with Gasteiger partial charge in [0.2, 0.25) is 6.29 Å². The molecule has 0 spiro atoms. The maximum absolute atomic E-state index is 5.47. The normalized spacial score (nSPS) is 12.2. The summed E-state index contributed by atoms with van der Waals surface area (Å²) < 4.78 is 20.7. The third-order valence-electron chi connectivity index (χ3n) is 1.90. The molecule has 1 atom stereocenters. The molecule has 1 aromatic carbocycles. The summed E-state index contributed by atoms with van der Waals surface area (Å²) in [5, 5.41) is 0. The molecule has 1 rings (SSSR count). The van der Waals surface area contributed by atoms with Crippen LogP contribution in [0.1, 0.15) is 6.92 Å². The molecule has 1 unspecified atom stereocenters. The van der Waals surface area contributed by atoms with E-state index < -0.39 is 0 Å². The van der Waals surface area contributed by atoms with Crippen LogP contribution in [0.15, 0.2) is 24.3 Å². The molecule has 4 nitrogen and oxygen atoms in total. The van der Waals surface area contributed by atoms with Crippen LogP contribution >= 0.6 is 0 Å². The van der Waals surface area contributed by atoms with Gasteiger partial charge < -0.3 is 14.2 Å². The van der Waals surface area contributed by atoms with Crippen LogP contribution in [-0.2, 0) is 7.80 Å². The molecule has 0 bridgehead atoms. The average Bonchev–Trinajstić information content (AvgIpc) is 2.35. The number of rotatable bonds is 7. The van der Waals surface area contributed by atoms with E-state index in [9.17, 15) is 0 Å². The molecule has 0 amide bonds. The zero-order valence-electron chi connectivity index (χ0n) is 9.34. The fourth-order valence-electron chi connectivity index (χ4n) is 1.07. The Morgan fingerprint density at radius 3 is 2.31 bits per heavy atom. The van der Waals surface area contributed by atoms with Crippen LogP contribution in [0.4, 0.5) is 0 Å². The van der Waals surface area contributed by atoms with E-state index in [0.717, 1.165) is 11.5 Å². The average molecular weight is 339 g/mol. The van der Waals surface area contributed by atoms with Gasteiger partial charge in [0.1, 0.15) is 18.1 Å². The lowest BCUT2D eigenvalue weighted by Crippen LogP contribution is -3.34. The van der Waals surface area contributed by atoms with E-state index in [1.807, 2.05) is 31.2 Å².